The van der Waals surface area contributed by atoms with E-state index in [0.29, 0.717) is 20.7 Å². The van der Waals surface area contributed by atoms with E-state index in [0.717, 1.165) is 22.0 Å². The Balaban J connectivity index is 1.77. The van der Waals surface area contributed by atoms with Crippen molar-refractivity contribution in [2.24, 2.45) is 0 Å². The van der Waals surface area contributed by atoms with Gasteiger partial charge < -0.3 is 4.57 Å². The molecular weight excluding hydrogens is 482 g/mol. The van der Waals surface area contributed by atoms with Crippen LogP contribution in [0.3, 0.4) is 0 Å². The smallest absolute Gasteiger partial charge is 0.318 e. The second-order valence-electron chi connectivity index (χ2n) is 7.08. The van der Waals surface area contributed by atoms with E-state index in [9.17, 15) is 14.4 Å². The number of barbiturate groups is 1. The molecule has 1 fully saturated rings. The van der Waals surface area contributed by atoms with E-state index in [-0.39, 0.29) is 5.57 Å². The molecule has 0 spiro atoms. The molecule has 1 aromatic heterocycles. The van der Waals surface area contributed by atoms with Crippen LogP contribution in [-0.2, 0) is 9.59 Å². The van der Waals surface area contributed by atoms with Gasteiger partial charge in [-0.05, 0) is 68.0 Å². The summed E-state index contributed by atoms with van der Waals surface area (Å²) in [6, 6.07) is 15.3. The number of hydrogen-bond acceptors (Lipinski definition) is 3. The van der Waals surface area contributed by atoms with Crippen molar-refractivity contribution in [3.05, 3.63) is 86.6 Å². The highest BCUT2D eigenvalue weighted by Gasteiger charge is 2.37. The second kappa shape index (κ2) is 8.17. The minimum atomic E-state index is -0.783. The van der Waals surface area contributed by atoms with E-state index in [1.165, 1.54) is 6.08 Å². The van der Waals surface area contributed by atoms with E-state index in [1.54, 1.807) is 30.3 Å². The molecule has 31 heavy (non-hydrogen) atoms. The number of carbonyl (C=O) groups is 3. The predicted octanol–water partition coefficient (Wildman–Crippen LogP) is 5.18. The monoisotopic (exact) mass is 497 g/mol. The van der Waals surface area contributed by atoms with Gasteiger partial charge in [0.1, 0.15) is 5.57 Å². The number of hydrogen-bond donors (Lipinski definition) is 1. The molecule has 4 rings (SSSR count). The van der Waals surface area contributed by atoms with Crippen LogP contribution in [0.1, 0.15) is 17.0 Å². The van der Waals surface area contributed by atoms with Gasteiger partial charge in [0.15, 0.2) is 0 Å². The Hall–Kier alpha value is -3.16. The van der Waals surface area contributed by atoms with Crippen molar-refractivity contribution in [1.82, 2.24) is 9.88 Å². The first-order valence-corrected chi connectivity index (χ1v) is 10.6. The molecule has 156 valence electrons. The van der Waals surface area contributed by atoms with Crippen molar-refractivity contribution in [3.63, 3.8) is 0 Å². The number of nitrogens with zero attached hydrogens (tertiary/aromatic N) is 2. The zero-order valence-electron chi connectivity index (χ0n) is 16.6. The molecule has 0 radical (unpaired) electrons. The predicted molar refractivity (Wildman–Crippen MR) is 123 cm³/mol. The van der Waals surface area contributed by atoms with E-state index in [4.69, 9.17) is 11.6 Å². The van der Waals surface area contributed by atoms with Crippen LogP contribution < -0.4 is 10.2 Å². The van der Waals surface area contributed by atoms with Crippen LogP contribution in [0.15, 0.2) is 64.6 Å². The molecule has 0 bridgehead atoms. The number of imide groups is 2. The molecule has 0 unspecified atom stereocenters. The summed E-state index contributed by atoms with van der Waals surface area (Å²) in [6.07, 6.45) is 1.51. The summed E-state index contributed by atoms with van der Waals surface area (Å²) in [5, 5.41) is 2.85. The van der Waals surface area contributed by atoms with Crippen LogP contribution in [0.2, 0.25) is 5.02 Å². The number of carbonyl (C=O) groups excluding carboxylic acids is 3. The summed E-state index contributed by atoms with van der Waals surface area (Å²) in [5.41, 5.74) is 3.55. The lowest BCUT2D eigenvalue weighted by molar-refractivity contribution is -0.122. The Labute approximate surface area is 192 Å². The van der Waals surface area contributed by atoms with Crippen molar-refractivity contribution >= 4 is 57.1 Å². The molecule has 8 heteroatoms. The van der Waals surface area contributed by atoms with Crippen molar-refractivity contribution < 1.29 is 14.4 Å². The zero-order chi connectivity index (χ0) is 22.3. The number of rotatable bonds is 3. The number of urea groups is 1. The summed E-state index contributed by atoms with van der Waals surface area (Å²) < 4.78 is 2.69. The normalized spacial score (nSPS) is 15.5. The fraction of sp³-hybridized carbons (Fsp3) is 0.0870. The summed E-state index contributed by atoms with van der Waals surface area (Å²) in [6.45, 7) is 3.82. The van der Waals surface area contributed by atoms with Crippen LogP contribution >= 0.6 is 27.5 Å². The Morgan fingerprint density at radius 3 is 2.39 bits per heavy atom. The van der Waals surface area contributed by atoms with Gasteiger partial charge in [0.05, 0.1) is 5.69 Å². The third-order valence-corrected chi connectivity index (χ3v) is 5.73. The molecule has 3 aromatic rings. The first kappa shape index (κ1) is 21.1. The van der Waals surface area contributed by atoms with Crippen LogP contribution in [-0.4, -0.2) is 22.4 Å². The van der Waals surface area contributed by atoms with E-state index >= 15 is 0 Å². The number of halogens is 2. The van der Waals surface area contributed by atoms with Gasteiger partial charge in [-0.2, -0.15) is 0 Å². The van der Waals surface area contributed by atoms with Crippen LogP contribution in [0, 0.1) is 13.8 Å². The van der Waals surface area contributed by atoms with Gasteiger partial charge in [-0.15, -0.1) is 0 Å². The number of anilines is 1. The first-order chi connectivity index (χ1) is 14.8. The first-order valence-electron chi connectivity index (χ1n) is 9.38. The van der Waals surface area contributed by atoms with Crippen molar-refractivity contribution in [1.29, 1.82) is 0 Å². The molecule has 0 atom stereocenters. The number of aryl methyl sites for hydroxylation is 1. The molecule has 0 saturated carbocycles. The summed E-state index contributed by atoms with van der Waals surface area (Å²) in [4.78, 5) is 38.9. The quantitative estimate of drug-likeness (QED) is 0.400. The van der Waals surface area contributed by atoms with Gasteiger partial charge in [0.25, 0.3) is 11.8 Å². The molecule has 1 saturated heterocycles. The van der Waals surface area contributed by atoms with E-state index in [1.807, 2.05) is 42.7 Å². The lowest BCUT2D eigenvalue weighted by Crippen LogP contribution is -2.54. The van der Waals surface area contributed by atoms with Crippen LogP contribution in [0.25, 0.3) is 11.8 Å². The maximum absolute atomic E-state index is 13.1. The van der Waals surface area contributed by atoms with Crippen molar-refractivity contribution in [2.45, 2.75) is 13.8 Å². The molecule has 6 nitrogen and oxygen atoms in total. The zero-order valence-corrected chi connectivity index (χ0v) is 19.0. The maximum atomic E-state index is 13.1. The molecule has 1 N–H and O–H groups in total. The molecule has 2 heterocycles. The van der Waals surface area contributed by atoms with E-state index in [2.05, 4.69) is 21.2 Å². The highest BCUT2D eigenvalue weighted by Crippen LogP contribution is 2.27. The van der Waals surface area contributed by atoms with E-state index < -0.39 is 17.8 Å². The minimum absolute atomic E-state index is 0.120. The summed E-state index contributed by atoms with van der Waals surface area (Å²) >= 11 is 9.47. The Morgan fingerprint density at radius 2 is 1.68 bits per heavy atom. The SMILES string of the molecule is Cc1cc(/C=C2\C(=O)NC(=O)N(c3cccc(Br)c3)C2=O)c(C)n1-c1cccc(Cl)c1. The number of aromatic nitrogens is 1. The van der Waals surface area contributed by atoms with Gasteiger partial charge in [-0.3, -0.25) is 14.9 Å². The lowest BCUT2D eigenvalue weighted by atomic mass is 10.1. The Morgan fingerprint density at radius 1 is 0.968 bits per heavy atom. The third kappa shape index (κ3) is 3.94. The van der Waals surface area contributed by atoms with Crippen molar-refractivity contribution in [3.8, 4) is 5.69 Å². The average Bonchev–Trinajstić information content (AvgIpc) is 2.98. The maximum Gasteiger partial charge on any atom is 0.335 e. The van der Waals surface area contributed by atoms with Gasteiger partial charge >= 0.3 is 6.03 Å². The highest BCUT2D eigenvalue weighted by molar-refractivity contribution is 9.10. The second-order valence-corrected chi connectivity index (χ2v) is 8.43. The third-order valence-electron chi connectivity index (χ3n) is 5.00. The molecule has 1 aliphatic rings. The molecule has 1 aliphatic heterocycles. The fourth-order valence-electron chi connectivity index (χ4n) is 3.61. The lowest BCUT2D eigenvalue weighted by Gasteiger charge is -2.26. The number of amides is 4. The highest BCUT2D eigenvalue weighted by atomic mass is 79.9. The van der Waals surface area contributed by atoms with Crippen LogP contribution in [0.4, 0.5) is 10.5 Å². The van der Waals surface area contributed by atoms with Crippen LogP contribution in [0.5, 0.6) is 0 Å². The molecule has 0 aliphatic carbocycles. The number of benzene rings is 2. The molecule has 2 aromatic carbocycles. The topological polar surface area (TPSA) is 71.4 Å². The van der Waals surface area contributed by atoms with Gasteiger partial charge in [0, 0.05) is 26.6 Å². The fourth-order valence-corrected chi connectivity index (χ4v) is 4.18. The average molecular weight is 499 g/mol. The van der Waals surface area contributed by atoms with Gasteiger partial charge in [-0.1, -0.05) is 39.7 Å². The van der Waals surface area contributed by atoms with Gasteiger partial charge in [0.2, 0.25) is 0 Å². The molecular formula is C23H17BrClN3O3. The largest absolute Gasteiger partial charge is 0.335 e. The standard InChI is InChI=1S/C23H17BrClN3O3/c1-13-9-15(14(2)27(13)19-8-4-6-17(25)12-19)10-20-21(29)26-23(31)28(22(20)30)18-7-3-5-16(24)11-18/h3-12H,1-2H3,(H,26,29,31)/b20-10+. The van der Waals surface area contributed by atoms with Crippen molar-refractivity contribution in [2.75, 3.05) is 4.90 Å². The summed E-state index contributed by atoms with van der Waals surface area (Å²) in [5.74, 6) is -1.41. The minimum Gasteiger partial charge on any atom is -0.318 e. The Kier molecular flexibility index (Phi) is 5.56. The Bertz CT molecular complexity index is 1280. The molecule has 4 amide bonds. The summed E-state index contributed by atoms with van der Waals surface area (Å²) in [7, 11) is 0. The van der Waals surface area contributed by atoms with Gasteiger partial charge in [-0.25, -0.2) is 9.69 Å². The number of nitrogens with one attached hydrogen (secondary N) is 1.